The van der Waals surface area contributed by atoms with Crippen LogP contribution in [0.4, 0.5) is 0 Å². The number of aliphatic hydroxyl groups excluding tert-OH is 1. The number of carboxylic acid groups (broad SMARTS) is 1. The Bertz CT molecular complexity index is 989. The number of aliphatic imine (C=N–C) groups is 1. The standard InChI is InChI=1S/C26H47N9O7/c1-15(36)20(28)22(38)32-16(7-2-3-11-27)23(39)35-14-6-10-19(35)24(40)34-13-5-9-18(34)21(37)33-17(25(41)42)8-4-12-31-26(29)30/h15-20,36H,2-14,27-28H2,1H3,(H,32,38)(H,33,37)(H,41,42)(H4,29,30,31)/t15?,16-,17-,18-,19-,20?/m0/s1. The van der Waals surface area contributed by atoms with E-state index in [9.17, 15) is 34.2 Å². The van der Waals surface area contributed by atoms with Crippen molar-refractivity contribution in [1.29, 1.82) is 0 Å². The molecule has 0 aromatic rings. The molecular formula is C26H47N9O7. The largest absolute Gasteiger partial charge is 0.480 e. The minimum atomic E-state index is -1.23. The second kappa shape index (κ2) is 16.8. The molecule has 0 bridgehead atoms. The van der Waals surface area contributed by atoms with E-state index in [1.54, 1.807) is 0 Å². The van der Waals surface area contributed by atoms with Gasteiger partial charge in [0.15, 0.2) is 5.96 Å². The van der Waals surface area contributed by atoms with E-state index >= 15 is 0 Å². The monoisotopic (exact) mass is 597 g/mol. The van der Waals surface area contributed by atoms with Crippen molar-refractivity contribution >= 4 is 35.6 Å². The molecule has 12 N–H and O–H groups in total. The van der Waals surface area contributed by atoms with Crippen LogP contribution in [0.15, 0.2) is 4.99 Å². The second-order valence-electron chi connectivity index (χ2n) is 10.8. The Morgan fingerprint density at radius 2 is 1.55 bits per heavy atom. The van der Waals surface area contributed by atoms with Gasteiger partial charge in [0.25, 0.3) is 0 Å². The average molecular weight is 598 g/mol. The van der Waals surface area contributed by atoms with Gasteiger partial charge in [0.05, 0.1) is 6.10 Å². The van der Waals surface area contributed by atoms with Crippen molar-refractivity contribution in [3.63, 3.8) is 0 Å². The molecule has 2 heterocycles. The zero-order valence-electron chi connectivity index (χ0n) is 24.2. The molecule has 0 radical (unpaired) electrons. The van der Waals surface area contributed by atoms with E-state index < -0.39 is 65.9 Å². The Balaban J connectivity index is 2.12. The van der Waals surface area contributed by atoms with Crippen LogP contribution in [0, 0.1) is 0 Å². The third-order valence-electron chi connectivity index (χ3n) is 7.60. The maximum absolute atomic E-state index is 13.7. The summed E-state index contributed by atoms with van der Waals surface area (Å²) in [7, 11) is 0. The van der Waals surface area contributed by atoms with Crippen molar-refractivity contribution in [2.75, 3.05) is 26.2 Å². The average Bonchev–Trinajstić information content (AvgIpc) is 3.63. The molecule has 0 aliphatic carbocycles. The number of amides is 4. The fourth-order valence-electron chi connectivity index (χ4n) is 5.25. The molecule has 2 aliphatic heterocycles. The Kier molecular flexibility index (Phi) is 13.9. The second-order valence-corrected chi connectivity index (χ2v) is 10.8. The van der Waals surface area contributed by atoms with Crippen molar-refractivity contribution in [1.82, 2.24) is 20.4 Å². The quantitative estimate of drug-likeness (QED) is 0.0501. The summed E-state index contributed by atoms with van der Waals surface area (Å²) < 4.78 is 0. The van der Waals surface area contributed by atoms with Crippen LogP contribution in [0.1, 0.15) is 64.7 Å². The van der Waals surface area contributed by atoms with Crippen LogP contribution in [-0.4, -0.2) is 118 Å². The van der Waals surface area contributed by atoms with Gasteiger partial charge in [-0.25, -0.2) is 4.79 Å². The molecule has 4 amide bonds. The lowest BCUT2D eigenvalue weighted by Crippen LogP contribution is -2.58. The molecule has 0 aromatic heterocycles. The zero-order valence-corrected chi connectivity index (χ0v) is 24.2. The van der Waals surface area contributed by atoms with Crippen LogP contribution in [-0.2, 0) is 24.0 Å². The molecule has 238 valence electrons. The number of aliphatic carboxylic acids is 1. The number of rotatable bonds is 16. The lowest BCUT2D eigenvalue weighted by atomic mass is 10.1. The first kappa shape index (κ1) is 34.7. The summed E-state index contributed by atoms with van der Waals surface area (Å²) in [6.45, 7) is 2.57. The number of hydrogen-bond acceptors (Lipinski definition) is 9. The Morgan fingerprint density at radius 3 is 2.14 bits per heavy atom. The summed E-state index contributed by atoms with van der Waals surface area (Å²) in [6.07, 6.45) is 2.59. The topological polar surface area (TPSA) is 273 Å². The summed E-state index contributed by atoms with van der Waals surface area (Å²) >= 11 is 0. The van der Waals surface area contributed by atoms with Gasteiger partial charge >= 0.3 is 5.97 Å². The molecule has 6 atom stereocenters. The van der Waals surface area contributed by atoms with E-state index in [4.69, 9.17) is 22.9 Å². The number of likely N-dealkylation sites (tertiary alicyclic amines) is 2. The van der Waals surface area contributed by atoms with Gasteiger partial charge in [0.2, 0.25) is 23.6 Å². The van der Waals surface area contributed by atoms with Crippen molar-refractivity contribution in [3.05, 3.63) is 0 Å². The van der Waals surface area contributed by atoms with Crippen LogP contribution >= 0.6 is 0 Å². The van der Waals surface area contributed by atoms with Gasteiger partial charge in [-0.05, 0) is 71.3 Å². The number of nitrogens with two attached hydrogens (primary N) is 4. The number of nitrogens with one attached hydrogen (secondary N) is 2. The van der Waals surface area contributed by atoms with Gasteiger partial charge in [-0.15, -0.1) is 0 Å². The summed E-state index contributed by atoms with van der Waals surface area (Å²) in [5.41, 5.74) is 21.9. The smallest absolute Gasteiger partial charge is 0.326 e. The van der Waals surface area contributed by atoms with Gasteiger partial charge in [-0.1, -0.05) is 0 Å². The fraction of sp³-hybridized carbons (Fsp3) is 0.769. The molecule has 2 rings (SSSR count). The molecule has 0 spiro atoms. The molecule has 42 heavy (non-hydrogen) atoms. The molecule has 2 unspecified atom stereocenters. The highest BCUT2D eigenvalue weighted by atomic mass is 16.4. The van der Waals surface area contributed by atoms with Gasteiger partial charge in [0.1, 0.15) is 30.2 Å². The summed E-state index contributed by atoms with van der Waals surface area (Å²) in [6, 6.07) is -5.08. The first-order valence-electron chi connectivity index (χ1n) is 14.5. The van der Waals surface area contributed by atoms with E-state index in [2.05, 4.69) is 15.6 Å². The number of guanidine groups is 1. The first-order valence-corrected chi connectivity index (χ1v) is 14.5. The fourth-order valence-corrected chi connectivity index (χ4v) is 5.25. The Labute approximate surface area is 245 Å². The summed E-state index contributed by atoms with van der Waals surface area (Å²) in [5.74, 6) is -3.43. The predicted octanol–water partition coefficient (Wildman–Crippen LogP) is -3.09. The minimum Gasteiger partial charge on any atom is -0.480 e. The van der Waals surface area contributed by atoms with Gasteiger partial charge < -0.3 is 53.6 Å². The highest BCUT2D eigenvalue weighted by Crippen LogP contribution is 2.26. The minimum absolute atomic E-state index is 0.0966. The third kappa shape index (κ3) is 9.80. The molecule has 0 aromatic carbocycles. The van der Waals surface area contributed by atoms with Crippen molar-refractivity contribution in [2.24, 2.45) is 27.9 Å². The van der Waals surface area contributed by atoms with Crippen LogP contribution in [0.3, 0.4) is 0 Å². The molecule has 16 heteroatoms. The number of carboxylic acids is 1. The first-order chi connectivity index (χ1) is 19.9. The van der Waals surface area contributed by atoms with Crippen molar-refractivity contribution in [2.45, 2.75) is 101 Å². The maximum Gasteiger partial charge on any atom is 0.326 e. The number of aliphatic hydroxyl groups is 1. The molecular weight excluding hydrogens is 550 g/mol. The lowest BCUT2D eigenvalue weighted by molar-refractivity contribution is -0.149. The number of carbonyl (C=O) groups excluding carboxylic acids is 4. The van der Waals surface area contributed by atoms with Crippen LogP contribution in [0.2, 0.25) is 0 Å². The lowest BCUT2D eigenvalue weighted by Gasteiger charge is -2.33. The van der Waals surface area contributed by atoms with Gasteiger partial charge in [-0.3, -0.25) is 24.2 Å². The number of carbonyl (C=O) groups is 5. The summed E-state index contributed by atoms with van der Waals surface area (Å²) in [4.78, 5) is 71.5. The third-order valence-corrected chi connectivity index (χ3v) is 7.60. The molecule has 0 saturated carbocycles. The van der Waals surface area contributed by atoms with E-state index in [1.165, 1.54) is 16.7 Å². The SMILES string of the molecule is CC(O)C(N)C(=O)N[C@@H](CCCCN)C(=O)N1CCC[C@H]1C(=O)N1CCC[C@H]1C(=O)N[C@@H](CCCN=C(N)N)C(=O)O. The number of hydrogen-bond donors (Lipinski definition) is 8. The highest BCUT2D eigenvalue weighted by molar-refractivity contribution is 5.96. The Hall–Kier alpha value is -3.50. The van der Waals surface area contributed by atoms with E-state index in [1.807, 2.05) is 0 Å². The molecule has 2 saturated heterocycles. The van der Waals surface area contributed by atoms with E-state index in [0.717, 1.165) is 0 Å². The normalized spacial score (nSPS) is 21.2. The molecule has 2 aliphatic rings. The maximum atomic E-state index is 13.7. The summed E-state index contributed by atoms with van der Waals surface area (Å²) in [5, 5.41) is 24.5. The zero-order chi connectivity index (χ0) is 31.4. The van der Waals surface area contributed by atoms with Crippen LogP contribution in [0.5, 0.6) is 0 Å². The highest BCUT2D eigenvalue weighted by Gasteiger charge is 2.44. The van der Waals surface area contributed by atoms with Crippen molar-refractivity contribution < 1.29 is 34.2 Å². The van der Waals surface area contributed by atoms with E-state index in [-0.39, 0.29) is 31.9 Å². The molecule has 16 nitrogen and oxygen atoms in total. The number of nitrogens with zero attached hydrogens (tertiary/aromatic N) is 3. The molecule has 2 fully saturated rings. The predicted molar refractivity (Wildman–Crippen MR) is 153 cm³/mol. The van der Waals surface area contributed by atoms with Crippen LogP contribution in [0.25, 0.3) is 0 Å². The van der Waals surface area contributed by atoms with Crippen molar-refractivity contribution in [3.8, 4) is 0 Å². The number of unbranched alkanes of at least 4 members (excludes halogenated alkanes) is 1. The Morgan fingerprint density at radius 1 is 0.929 bits per heavy atom. The van der Waals surface area contributed by atoms with E-state index in [0.29, 0.717) is 58.0 Å². The van der Waals surface area contributed by atoms with Gasteiger partial charge in [0, 0.05) is 19.6 Å². The van der Waals surface area contributed by atoms with Crippen LogP contribution < -0.4 is 33.6 Å². The van der Waals surface area contributed by atoms with Gasteiger partial charge in [-0.2, -0.15) is 0 Å².